The van der Waals surface area contributed by atoms with Crippen LogP contribution in [0.25, 0.3) is 0 Å². The van der Waals surface area contributed by atoms with E-state index in [1.54, 1.807) is 14.2 Å². The van der Waals surface area contributed by atoms with Crippen molar-refractivity contribution in [2.45, 2.75) is 32.2 Å². The third-order valence-electron chi connectivity index (χ3n) is 6.42. The molecular weight excluding hydrogens is 440 g/mol. The second kappa shape index (κ2) is 10.5. The number of aromatic nitrogens is 1. The number of hydrogen-bond acceptors (Lipinski definition) is 7. The number of ether oxygens (including phenoxy) is 2. The van der Waals surface area contributed by atoms with Gasteiger partial charge in [0, 0.05) is 49.4 Å². The lowest BCUT2D eigenvalue weighted by Crippen LogP contribution is -2.51. The Balaban J connectivity index is 1.33. The van der Waals surface area contributed by atoms with Crippen LogP contribution in [0.4, 0.5) is 0 Å². The van der Waals surface area contributed by atoms with Crippen LogP contribution in [0.1, 0.15) is 35.1 Å². The summed E-state index contributed by atoms with van der Waals surface area (Å²) in [6, 6.07) is 5.74. The minimum absolute atomic E-state index is 0.00725. The molecule has 0 spiro atoms. The van der Waals surface area contributed by atoms with Crippen molar-refractivity contribution in [3.63, 3.8) is 0 Å². The Labute approximate surface area is 199 Å². The molecule has 0 N–H and O–H groups in total. The van der Waals surface area contributed by atoms with Crippen LogP contribution in [-0.4, -0.2) is 85.0 Å². The minimum atomic E-state index is -0.00725. The summed E-state index contributed by atoms with van der Waals surface area (Å²) >= 11 is 1.53. The SMILES string of the molecule is COc1ccc(OC)c([C@H]2CCCN2C(=O)CN2CCN(C(=O)Cc3nc(C)cs3)CC2)c1. The zero-order valence-electron chi connectivity index (χ0n) is 19.6. The van der Waals surface area contributed by atoms with Crippen molar-refractivity contribution in [3.8, 4) is 11.5 Å². The first-order valence-corrected chi connectivity index (χ1v) is 12.3. The van der Waals surface area contributed by atoms with Gasteiger partial charge in [0.2, 0.25) is 11.8 Å². The highest BCUT2D eigenvalue weighted by atomic mass is 32.1. The topological polar surface area (TPSA) is 75.2 Å². The van der Waals surface area contributed by atoms with Crippen molar-refractivity contribution in [3.05, 3.63) is 39.8 Å². The van der Waals surface area contributed by atoms with E-state index in [1.165, 1.54) is 11.3 Å². The van der Waals surface area contributed by atoms with Crippen LogP contribution in [0, 0.1) is 6.92 Å². The highest BCUT2D eigenvalue weighted by Gasteiger charge is 2.33. The number of carbonyl (C=O) groups is 2. The molecule has 0 bridgehead atoms. The van der Waals surface area contributed by atoms with Gasteiger partial charge in [0.25, 0.3) is 0 Å². The molecule has 9 heteroatoms. The molecule has 0 unspecified atom stereocenters. The molecule has 0 aliphatic carbocycles. The predicted molar refractivity (Wildman–Crippen MR) is 127 cm³/mol. The van der Waals surface area contributed by atoms with E-state index in [9.17, 15) is 9.59 Å². The fraction of sp³-hybridized carbons (Fsp3) is 0.542. The number of rotatable bonds is 7. The van der Waals surface area contributed by atoms with E-state index in [-0.39, 0.29) is 17.9 Å². The minimum Gasteiger partial charge on any atom is -0.497 e. The molecule has 2 saturated heterocycles. The normalized spacial score (nSPS) is 19.1. The lowest BCUT2D eigenvalue weighted by molar-refractivity contribution is -0.135. The zero-order valence-corrected chi connectivity index (χ0v) is 20.4. The Morgan fingerprint density at radius 3 is 2.55 bits per heavy atom. The molecule has 33 heavy (non-hydrogen) atoms. The molecule has 2 fully saturated rings. The third kappa shape index (κ3) is 5.47. The number of nitrogens with zero attached hydrogens (tertiary/aromatic N) is 4. The lowest BCUT2D eigenvalue weighted by Gasteiger charge is -2.36. The number of amides is 2. The van der Waals surface area contributed by atoms with Gasteiger partial charge in [-0.3, -0.25) is 14.5 Å². The quantitative estimate of drug-likeness (QED) is 0.617. The number of thiazole rings is 1. The number of carbonyl (C=O) groups excluding carboxylic acids is 2. The average Bonchev–Trinajstić information content (AvgIpc) is 3.48. The highest BCUT2D eigenvalue weighted by molar-refractivity contribution is 7.09. The van der Waals surface area contributed by atoms with Crippen molar-refractivity contribution in [1.29, 1.82) is 0 Å². The Kier molecular flexibility index (Phi) is 7.49. The first-order valence-electron chi connectivity index (χ1n) is 11.4. The molecule has 2 aromatic rings. The van der Waals surface area contributed by atoms with Gasteiger partial charge in [-0.05, 0) is 38.0 Å². The van der Waals surface area contributed by atoms with Crippen LogP contribution in [0.5, 0.6) is 11.5 Å². The van der Waals surface area contributed by atoms with Crippen molar-refractivity contribution in [2.24, 2.45) is 0 Å². The van der Waals surface area contributed by atoms with Crippen LogP contribution in [0.2, 0.25) is 0 Å². The van der Waals surface area contributed by atoms with Crippen LogP contribution in [0.3, 0.4) is 0 Å². The number of hydrogen-bond donors (Lipinski definition) is 0. The van der Waals surface area contributed by atoms with E-state index in [2.05, 4.69) is 9.88 Å². The summed E-state index contributed by atoms with van der Waals surface area (Å²) < 4.78 is 11.0. The monoisotopic (exact) mass is 472 g/mol. The van der Waals surface area contributed by atoms with Gasteiger partial charge in [0.05, 0.1) is 33.2 Å². The van der Waals surface area contributed by atoms with Gasteiger partial charge in [-0.2, -0.15) is 0 Å². The number of aryl methyl sites for hydroxylation is 1. The van der Waals surface area contributed by atoms with Crippen LogP contribution < -0.4 is 9.47 Å². The number of piperazine rings is 1. The molecule has 1 aromatic heterocycles. The number of benzene rings is 1. The maximum atomic E-state index is 13.2. The fourth-order valence-corrected chi connectivity index (χ4v) is 5.41. The maximum absolute atomic E-state index is 13.2. The van der Waals surface area contributed by atoms with Crippen LogP contribution in [0.15, 0.2) is 23.6 Å². The van der Waals surface area contributed by atoms with Gasteiger partial charge >= 0.3 is 0 Å². The Bertz CT molecular complexity index is 987. The van der Waals surface area contributed by atoms with Crippen LogP contribution in [-0.2, 0) is 16.0 Å². The van der Waals surface area contributed by atoms with E-state index >= 15 is 0 Å². The molecule has 2 aliphatic rings. The molecule has 1 atom stereocenters. The molecule has 0 saturated carbocycles. The molecule has 3 heterocycles. The standard InChI is InChI=1S/C24H32N4O4S/c1-17-16-33-22(25-17)14-23(29)27-11-9-26(10-12-27)15-24(30)28-8-4-5-20(28)19-13-18(31-2)6-7-21(19)32-3/h6-7,13,16,20H,4-5,8-12,14-15H2,1-3H3/t20-/m1/s1. The molecular formula is C24H32N4O4S. The largest absolute Gasteiger partial charge is 0.497 e. The van der Waals surface area contributed by atoms with Crippen molar-refractivity contribution < 1.29 is 19.1 Å². The molecule has 2 amide bonds. The molecule has 0 radical (unpaired) electrons. The molecule has 2 aliphatic heterocycles. The third-order valence-corrected chi connectivity index (χ3v) is 7.39. The van der Waals surface area contributed by atoms with E-state index in [0.717, 1.165) is 47.2 Å². The lowest BCUT2D eigenvalue weighted by atomic mass is 10.0. The van der Waals surface area contributed by atoms with E-state index in [0.29, 0.717) is 39.1 Å². The van der Waals surface area contributed by atoms with Gasteiger partial charge in [-0.15, -0.1) is 11.3 Å². The molecule has 4 rings (SSSR count). The summed E-state index contributed by atoms with van der Waals surface area (Å²) in [5.41, 5.74) is 1.95. The summed E-state index contributed by atoms with van der Waals surface area (Å²) in [5, 5.41) is 2.84. The van der Waals surface area contributed by atoms with Crippen molar-refractivity contribution in [2.75, 3.05) is 53.5 Å². The highest BCUT2D eigenvalue weighted by Crippen LogP contribution is 2.39. The first-order chi connectivity index (χ1) is 16.0. The van der Waals surface area contributed by atoms with Crippen molar-refractivity contribution in [1.82, 2.24) is 19.7 Å². The number of methoxy groups -OCH3 is 2. The second-order valence-electron chi connectivity index (χ2n) is 8.57. The zero-order chi connectivity index (χ0) is 23.4. The maximum Gasteiger partial charge on any atom is 0.237 e. The van der Waals surface area contributed by atoms with E-state index in [4.69, 9.17) is 9.47 Å². The second-order valence-corrected chi connectivity index (χ2v) is 9.51. The summed E-state index contributed by atoms with van der Waals surface area (Å²) in [6.45, 7) is 5.75. The first kappa shape index (κ1) is 23.5. The summed E-state index contributed by atoms with van der Waals surface area (Å²) in [7, 11) is 3.30. The summed E-state index contributed by atoms with van der Waals surface area (Å²) in [4.78, 5) is 36.2. The smallest absolute Gasteiger partial charge is 0.237 e. The summed E-state index contributed by atoms with van der Waals surface area (Å²) in [5.74, 6) is 1.78. The Morgan fingerprint density at radius 1 is 1.09 bits per heavy atom. The van der Waals surface area contributed by atoms with Gasteiger partial charge in [0.15, 0.2) is 0 Å². The fourth-order valence-electron chi connectivity index (χ4n) is 4.65. The van der Waals surface area contributed by atoms with E-state index < -0.39 is 0 Å². The van der Waals surface area contributed by atoms with Gasteiger partial charge in [-0.1, -0.05) is 0 Å². The van der Waals surface area contributed by atoms with Gasteiger partial charge in [0.1, 0.15) is 16.5 Å². The molecule has 178 valence electrons. The van der Waals surface area contributed by atoms with Crippen LogP contribution >= 0.6 is 11.3 Å². The molecule has 8 nitrogen and oxygen atoms in total. The van der Waals surface area contributed by atoms with Gasteiger partial charge < -0.3 is 19.3 Å². The van der Waals surface area contributed by atoms with E-state index in [1.807, 2.05) is 40.3 Å². The molecule has 1 aromatic carbocycles. The average molecular weight is 473 g/mol. The Morgan fingerprint density at radius 2 is 1.88 bits per heavy atom. The van der Waals surface area contributed by atoms with Crippen molar-refractivity contribution >= 4 is 23.2 Å². The predicted octanol–water partition coefficient (Wildman–Crippen LogP) is 2.52. The van der Waals surface area contributed by atoms with Gasteiger partial charge in [-0.25, -0.2) is 4.98 Å². The summed E-state index contributed by atoms with van der Waals surface area (Å²) in [6.07, 6.45) is 2.23. The number of likely N-dealkylation sites (tertiary alicyclic amines) is 1. The Hall–Kier alpha value is -2.65.